The van der Waals surface area contributed by atoms with Crippen LogP contribution in [0.15, 0.2) is 63.7 Å². The van der Waals surface area contributed by atoms with Crippen molar-refractivity contribution in [3.8, 4) is 11.5 Å². The topological polar surface area (TPSA) is 109 Å². The van der Waals surface area contributed by atoms with Crippen LogP contribution in [-0.2, 0) is 0 Å². The number of amides is 1. The molecule has 1 aliphatic rings. The van der Waals surface area contributed by atoms with Crippen LogP contribution >= 0.6 is 0 Å². The number of benzene rings is 1. The predicted octanol–water partition coefficient (Wildman–Crippen LogP) is 4.63. The Bertz CT molecular complexity index is 1210. The van der Waals surface area contributed by atoms with Crippen LogP contribution in [0.3, 0.4) is 0 Å². The molecule has 32 heavy (non-hydrogen) atoms. The van der Waals surface area contributed by atoms with Gasteiger partial charge in [-0.15, -0.1) is 0 Å². The molecule has 2 N–H and O–H groups in total. The zero-order valence-electron chi connectivity index (χ0n) is 17.5. The number of aryl methyl sites for hydroxylation is 1. The maximum absolute atomic E-state index is 12.5. The summed E-state index contributed by atoms with van der Waals surface area (Å²) >= 11 is 0. The van der Waals surface area contributed by atoms with Crippen molar-refractivity contribution in [2.45, 2.75) is 19.8 Å². The Kier molecular flexibility index (Phi) is 5.29. The number of nitrogens with zero attached hydrogens (tertiary/aromatic N) is 4. The highest BCUT2D eigenvalue weighted by atomic mass is 16.5. The van der Waals surface area contributed by atoms with Gasteiger partial charge in [0, 0.05) is 42.3 Å². The van der Waals surface area contributed by atoms with Crippen LogP contribution in [0.1, 0.15) is 29.0 Å². The van der Waals surface area contributed by atoms with Crippen molar-refractivity contribution in [2.24, 2.45) is 0 Å². The molecule has 162 valence electrons. The quantitative estimate of drug-likeness (QED) is 0.456. The van der Waals surface area contributed by atoms with E-state index < -0.39 is 0 Å². The lowest BCUT2D eigenvalue weighted by atomic mass is 10.2. The number of carbonyl (C=O) groups is 1. The van der Waals surface area contributed by atoms with E-state index in [2.05, 4.69) is 30.7 Å². The summed E-state index contributed by atoms with van der Waals surface area (Å²) in [4.78, 5) is 23.9. The highest BCUT2D eigenvalue weighted by Gasteiger charge is 2.16. The second kappa shape index (κ2) is 8.54. The van der Waals surface area contributed by atoms with E-state index in [0.29, 0.717) is 23.2 Å². The van der Waals surface area contributed by atoms with Gasteiger partial charge in [-0.1, -0.05) is 5.16 Å². The van der Waals surface area contributed by atoms with E-state index in [1.54, 1.807) is 24.3 Å². The van der Waals surface area contributed by atoms with Gasteiger partial charge < -0.3 is 24.5 Å². The van der Waals surface area contributed by atoms with Crippen LogP contribution in [0, 0.1) is 6.92 Å². The minimum absolute atomic E-state index is 0.168. The lowest BCUT2D eigenvalue weighted by Crippen LogP contribution is -2.19. The second-order valence-corrected chi connectivity index (χ2v) is 7.60. The fourth-order valence-corrected chi connectivity index (χ4v) is 3.59. The van der Waals surface area contributed by atoms with E-state index in [1.807, 2.05) is 25.1 Å². The van der Waals surface area contributed by atoms with Crippen LogP contribution in [-0.4, -0.2) is 34.1 Å². The molecule has 1 fully saturated rings. The smallest absolute Gasteiger partial charge is 0.277 e. The number of hydrogen-bond donors (Lipinski definition) is 2. The minimum Gasteiger partial charge on any atom is -0.461 e. The molecule has 0 spiro atoms. The van der Waals surface area contributed by atoms with Crippen LogP contribution in [0.2, 0.25) is 0 Å². The number of anilines is 4. The summed E-state index contributed by atoms with van der Waals surface area (Å²) in [6.07, 6.45) is 3.91. The largest absolute Gasteiger partial charge is 0.461 e. The molecule has 0 unspecified atom stereocenters. The molecule has 9 heteroatoms. The van der Waals surface area contributed by atoms with E-state index in [4.69, 9.17) is 8.94 Å². The molecule has 1 amide bonds. The van der Waals surface area contributed by atoms with Gasteiger partial charge in [0.15, 0.2) is 11.5 Å². The van der Waals surface area contributed by atoms with E-state index >= 15 is 0 Å². The summed E-state index contributed by atoms with van der Waals surface area (Å²) in [7, 11) is 0. The van der Waals surface area contributed by atoms with E-state index in [1.165, 1.54) is 25.2 Å². The van der Waals surface area contributed by atoms with Crippen LogP contribution in [0.4, 0.5) is 23.1 Å². The van der Waals surface area contributed by atoms with Crippen molar-refractivity contribution in [1.82, 2.24) is 15.1 Å². The van der Waals surface area contributed by atoms with E-state index in [0.717, 1.165) is 30.3 Å². The fourth-order valence-electron chi connectivity index (χ4n) is 3.59. The number of furan rings is 1. The maximum Gasteiger partial charge on any atom is 0.277 e. The summed E-state index contributed by atoms with van der Waals surface area (Å²) in [5.74, 6) is 2.04. The molecular weight excluding hydrogens is 408 g/mol. The Hall–Kier alpha value is -4.14. The summed E-state index contributed by atoms with van der Waals surface area (Å²) in [5.41, 5.74) is 2.53. The monoisotopic (exact) mass is 430 g/mol. The molecule has 4 heterocycles. The lowest BCUT2D eigenvalue weighted by molar-refractivity contribution is 0.101. The van der Waals surface area contributed by atoms with E-state index in [9.17, 15) is 4.79 Å². The molecule has 0 radical (unpaired) electrons. The summed E-state index contributed by atoms with van der Waals surface area (Å²) in [6, 6.07) is 14.3. The molecule has 4 aromatic rings. The molecule has 3 aromatic heterocycles. The molecule has 1 aliphatic heterocycles. The number of nitrogens with one attached hydrogen (secondary N) is 2. The number of aromatic nitrogens is 3. The average Bonchev–Trinajstić information content (AvgIpc) is 3.57. The molecule has 0 atom stereocenters. The minimum atomic E-state index is -0.371. The first-order valence-electron chi connectivity index (χ1n) is 10.4. The number of rotatable bonds is 6. The Morgan fingerprint density at radius 1 is 1.00 bits per heavy atom. The van der Waals surface area contributed by atoms with Crippen LogP contribution in [0.25, 0.3) is 11.5 Å². The zero-order valence-corrected chi connectivity index (χ0v) is 17.5. The first-order chi connectivity index (χ1) is 15.6. The molecular formula is C23H22N6O3. The van der Waals surface area contributed by atoms with Gasteiger partial charge >= 0.3 is 0 Å². The average molecular weight is 430 g/mol. The van der Waals surface area contributed by atoms with Gasteiger partial charge in [-0.2, -0.15) is 4.98 Å². The maximum atomic E-state index is 12.5. The molecule has 9 nitrogen and oxygen atoms in total. The Balaban J connectivity index is 1.24. The zero-order chi connectivity index (χ0) is 21.9. The third-order valence-electron chi connectivity index (χ3n) is 5.18. The molecule has 0 bridgehead atoms. The molecule has 0 saturated carbocycles. The molecule has 5 rings (SSSR count). The SMILES string of the molecule is Cc1cc(N2CCCC2)nc(Nc2ccc(NC(=O)c3cc(-c4ccco4)on3)cc2)n1. The van der Waals surface area contributed by atoms with Crippen molar-refractivity contribution >= 4 is 29.0 Å². The first-order valence-corrected chi connectivity index (χ1v) is 10.4. The van der Waals surface area contributed by atoms with Crippen molar-refractivity contribution in [3.05, 3.63) is 66.2 Å². The van der Waals surface area contributed by atoms with E-state index in [-0.39, 0.29) is 11.6 Å². The highest BCUT2D eigenvalue weighted by Crippen LogP contribution is 2.24. The van der Waals surface area contributed by atoms with Gasteiger partial charge in [0.05, 0.1) is 6.26 Å². The van der Waals surface area contributed by atoms with Gasteiger partial charge in [0.2, 0.25) is 11.7 Å². The Morgan fingerprint density at radius 2 is 1.78 bits per heavy atom. The van der Waals surface area contributed by atoms with Gasteiger partial charge in [0.1, 0.15) is 5.82 Å². The van der Waals surface area contributed by atoms with Crippen molar-refractivity contribution < 1.29 is 13.7 Å². The standard InChI is InChI=1S/C23H22N6O3/c1-15-13-21(29-10-2-3-11-29)27-23(24-15)26-17-8-6-16(7-9-17)25-22(30)18-14-20(32-28-18)19-5-4-12-31-19/h4-9,12-14H,2-3,10-11H2,1H3,(H,25,30)(H,24,26,27). The molecule has 1 aromatic carbocycles. The summed E-state index contributed by atoms with van der Waals surface area (Å²) in [5, 5.41) is 9.86. The van der Waals surface area contributed by atoms with Gasteiger partial charge in [-0.3, -0.25) is 4.79 Å². The van der Waals surface area contributed by atoms with Crippen LogP contribution in [0.5, 0.6) is 0 Å². The normalized spacial score (nSPS) is 13.3. The van der Waals surface area contributed by atoms with Crippen molar-refractivity contribution in [2.75, 3.05) is 28.6 Å². The third-order valence-corrected chi connectivity index (χ3v) is 5.18. The van der Waals surface area contributed by atoms with Gasteiger partial charge in [0.25, 0.3) is 5.91 Å². The second-order valence-electron chi connectivity index (χ2n) is 7.60. The van der Waals surface area contributed by atoms with Crippen LogP contribution < -0.4 is 15.5 Å². The third kappa shape index (κ3) is 4.31. The molecule has 1 saturated heterocycles. The van der Waals surface area contributed by atoms with Gasteiger partial charge in [-0.05, 0) is 56.2 Å². The predicted molar refractivity (Wildman–Crippen MR) is 120 cm³/mol. The fraction of sp³-hybridized carbons (Fsp3) is 0.217. The van der Waals surface area contributed by atoms with Crippen molar-refractivity contribution in [3.63, 3.8) is 0 Å². The molecule has 0 aliphatic carbocycles. The highest BCUT2D eigenvalue weighted by molar-refractivity contribution is 6.03. The number of carbonyl (C=O) groups excluding carboxylic acids is 1. The van der Waals surface area contributed by atoms with Crippen molar-refractivity contribution in [1.29, 1.82) is 0 Å². The summed E-state index contributed by atoms with van der Waals surface area (Å²) in [6.45, 7) is 4.02. The number of hydrogen-bond acceptors (Lipinski definition) is 8. The Morgan fingerprint density at radius 3 is 2.53 bits per heavy atom. The summed E-state index contributed by atoms with van der Waals surface area (Å²) < 4.78 is 10.4. The van der Waals surface area contributed by atoms with Gasteiger partial charge in [-0.25, -0.2) is 4.98 Å². The first kappa shape index (κ1) is 19.8. The Labute approximate surface area is 184 Å². The lowest BCUT2D eigenvalue weighted by Gasteiger charge is -2.17.